The van der Waals surface area contributed by atoms with Gasteiger partial charge in [-0.25, -0.2) is 18.4 Å². The second-order valence-electron chi connectivity index (χ2n) is 7.85. The molecule has 0 spiro atoms. The molecule has 1 fully saturated rings. The van der Waals surface area contributed by atoms with Crippen molar-refractivity contribution in [2.24, 2.45) is 5.92 Å². The number of H-pyrrole nitrogens is 1. The van der Waals surface area contributed by atoms with Crippen molar-refractivity contribution in [1.82, 2.24) is 15.0 Å². The minimum Gasteiger partial charge on any atom is -0.391 e. The van der Waals surface area contributed by atoms with Crippen molar-refractivity contribution in [2.75, 3.05) is 11.1 Å². The van der Waals surface area contributed by atoms with Crippen LogP contribution in [-0.4, -0.2) is 40.3 Å². The molecule has 0 bridgehead atoms. The molecule has 0 unspecified atom stereocenters. The first-order valence-electron chi connectivity index (χ1n) is 10.1. The predicted octanol–water partition coefficient (Wildman–Crippen LogP) is 3.84. The first-order valence-corrected chi connectivity index (χ1v) is 12.6. The number of aromatic nitrogens is 3. The number of benzene rings is 1. The second kappa shape index (κ2) is 8.07. The Bertz CT molecular complexity index is 1310. The number of fused-ring (bicyclic) bond motifs is 1. The van der Waals surface area contributed by atoms with Crippen LogP contribution in [0.3, 0.4) is 0 Å². The highest BCUT2D eigenvalue weighted by molar-refractivity contribution is 7.91. The molecular formula is C22H22N4O3S2. The van der Waals surface area contributed by atoms with Crippen LogP contribution < -0.4 is 5.32 Å². The third kappa shape index (κ3) is 3.96. The van der Waals surface area contributed by atoms with Crippen molar-refractivity contribution in [3.63, 3.8) is 0 Å². The smallest absolute Gasteiger partial charge is 0.178 e. The maximum atomic E-state index is 12.7. The molecule has 0 atom stereocenters. The number of aliphatic hydroxyl groups excluding tert-OH is 1. The number of sulfone groups is 1. The van der Waals surface area contributed by atoms with Crippen molar-refractivity contribution in [2.45, 2.75) is 30.4 Å². The molecule has 4 aromatic rings. The number of anilines is 1. The van der Waals surface area contributed by atoms with Crippen molar-refractivity contribution in [3.05, 3.63) is 59.9 Å². The lowest BCUT2D eigenvalue weighted by Gasteiger charge is -2.36. The molecule has 0 amide bonds. The number of hydrogen-bond donors (Lipinski definition) is 3. The number of aliphatic hydroxyl groups is 1. The zero-order valence-electron chi connectivity index (χ0n) is 16.7. The molecule has 1 saturated carbocycles. The summed E-state index contributed by atoms with van der Waals surface area (Å²) in [6.07, 6.45) is 6.90. The van der Waals surface area contributed by atoms with E-state index in [2.05, 4.69) is 20.3 Å². The van der Waals surface area contributed by atoms with Crippen LogP contribution in [0, 0.1) is 5.92 Å². The average molecular weight is 455 g/mol. The largest absolute Gasteiger partial charge is 0.391 e. The normalized spacial score (nSPS) is 18.7. The summed E-state index contributed by atoms with van der Waals surface area (Å²) < 4.78 is 25.3. The van der Waals surface area contributed by atoms with Crippen LogP contribution in [0.25, 0.3) is 21.6 Å². The molecule has 1 aliphatic rings. The van der Waals surface area contributed by atoms with Gasteiger partial charge >= 0.3 is 0 Å². The highest BCUT2D eigenvalue weighted by Gasteiger charge is 2.34. The van der Waals surface area contributed by atoms with Crippen LogP contribution >= 0.6 is 11.3 Å². The standard InChI is InChI=1S/C22H22N4O3S2/c27-12-16-10-25-22(30-16)19-11-24-21-18(6-7-23-21)20(19)26-15-8-14(9-15)13-31(28,29)17-4-2-1-3-5-17/h1-7,10-11,14-15,27H,8-9,12-13H2,(H2,23,24,26). The molecule has 0 radical (unpaired) electrons. The molecule has 160 valence electrons. The Morgan fingerprint density at radius 1 is 1.13 bits per heavy atom. The van der Waals surface area contributed by atoms with E-state index in [0.29, 0.717) is 4.90 Å². The van der Waals surface area contributed by atoms with Gasteiger partial charge in [-0.15, -0.1) is 11.3 Å². The Hall–Kier alpha value is -2.75. The summed E-state index contributed by atoms with van der Waals surface area (Å²) in [6.45, 7) is -0.0412. The quantitative estimate of drug-likeness (QED) is 0.392. The lowest BCUT2D eigenvalue weighted by Crippen LogP contribution is -2.39. The van der Waals surface area contributed by atoms with E-state index < -0.39 is 9.84 Å². The maximum absolute atomic E-state index is 12.7. The molecule has 1 aromatic carbocycles. The predicted molar refractivity (Wildman–Crippen MR) is 122 cm³/mol. The SMILES string of the molecule is O=S(=O)(CC1CC(Nc2c(-c3ncc(CO)s3)cnc3[nH]ccc23)C1)c1ccccc1. The number of rotatable bonds is 7. The van der Waals surface area contributed by atoms with Gasteiger partial charge in [0.25, 0.3) is 0 Å². The zero-order chi connectivity index (χ0) is 21.4. The van der Waals surface area contributed by atoms with E-state index in [9.17, 15) is 13.5 Å². The summed E-state index contributed by atoms with van der Waals surface area (Å²) in [6, 6.07) is 10.8. The molecule has 9 heteroatoms. The van der Waals surface area contributed by atoms with E-state index in [0.717, 1.165) is 45.0 Å². The van der Waals surface area contributed by atoms with Gasteiger partial charge in [-0.1, -0.05) is 18.2 Å². The number of nitrogens with one attached hydrogen (secondary N) is 2. The van der Waals surface area contributed by atoms with E-state index in [1.54, 1.807) is 36.7 Å². The summed E-state index contributed by atoms with van der Waals surface area (Å²) in [5.74, 6) is 0.306. The summed E-state index contributed by atoms with van der Waals surface area (Å²) in [7, 11) is -3.27. The zero-order valence-corrected chi connectivity index (χ0v) is 18.3. The fourth-order valence-electron chi connectivity index (χ4n) is 4.06. The third-order valence-corrected chi connectivity index (χ3v) is 8.58. The van der Waals surface area contributed by atoms with E-state index >= 15 is 0 Å². The van der Waals surface area contributed by atoms with E-state index in [4.69, 9.17) is 0 Å². The number of thiazole rings is 1. The molecule has 3 N–H and O–H groups in total. The van der Waals surface area contributed by atoms with E-state index in [-0.39, 0.29) is 24.3 Å². The summed E-state index contributed by atoms with van der Waals surface area (Å²) >= 11 is 1.44. The molecule has 1 aliphatic carbocycles. The first kappa shape index (κ1) is 20.2. The third-order valence-electron chi connectivity index (χ3n) is 5.67. The van der Waals surface area contributed by atoms with Gasteiger partial charge in [0.05, 0.1) is 33.4 Å². The molecular weight excluding hydrogens is 432 g/mol. The molecule has 5 rings (SSSR count). The van der Waals surface area contributed by atoms with Gasteiger partial charge in [0, 0.05) is 30.0 Å². The number of aromatic amines is 1. The van der Waals surface area contributed by atoms with Crippen molar-refractivity contribution < 1.29 is 13.5 Å². The van der Waals surface area contributed by atoms with Gasteiger partial charge < -0.3 is 15.4 Å². The van der Waals surface area contributed by atoms with E-state index in [1.807, 2.05) is 18.3 Å². The van der Waals surface area contributed by atoms with Gasteiger partial charge in [0.2, 0.25) is 0 Å². The lowest BCUT2D eigenvalue weighted by molar-refractivity contribution is 0.285. The van der Waals surface area contributed by atoms with E-state index in [1.165, 1.54) is 11.3 Å². The van der Waals surface area contributed by atoms with Crippen LogP contribution in [0.15, 0.2) is 59.9 Å². The Morgan fingerprint density at radius 2 is 1.94 bits per heavy atom. The van der Waals surface area contributed by atoms with Crippen molar-refractivity contribution in [3.8, 4) is 10.6 Å². The lowest BCUT2D eigenvalue weighted by atomic mass is 9.81. The molecule has 7 nitrogen and oxygen atoms in total. The number of nitrogens with zero attached hydrogens (tertiary/aromatic N) is 2. The average Bonchev–Trinajstić information content (AvgIpc) is 3.42. The maximum Gasteiger partial charge on any atom is 0.178 e. The number of hydrogen-bond acceptors (Lipinski definition) is 7. The highest BCUT2D eigenvalue weighted by Crippen LogP contribution is 2.39. The van der Waals surface area contributed by atoms with Crippen molar-refractivity contribution >= 4 is 37.9 Å². The van der Waals surface area contributed by atoms with Gasteiger partial charge in [-0.3, -0.25) is 0 Å². The first-order chi connectivity index (χ1) is 15.0. The summed E-state index contributed by atoms with van der Waals surface area (Å²) in [5.41, 5.74) is 2.62. The van der Waals surface area contributed by atoms with Crippen LogP contribution in [0.4, 0.5) is 5.69 Å². The van der Waals surface area contributed by atoms with Crippen LogP contribution in [0.1, 0.15) is 17.7 Å². The number of pyridine rings is 1. The molecule has 0 saturated heterocycles. The Labute approximate surface area is 184 Å². The second-order valence-corrected chi connectivity index (χ2v) is 11.0. The van der Waals surface area contributed by atoms with Crippen LogP contribution in [0.5, 0.6) is 0 Å². The summed E-state index contributed by atoms with van der Waals surface area (Å²) in [5, 5.41) is 14.8. The van der Waals surface area contributed by atoms with Crippen molar-refractivity contribution in [1.29, 1.82) is 0 Å². The van der Waals surface area contributed by atoms with Crippen LogP contribution in [0.2, 0.25) is 0 Å². The van der Waals surface area contributed by atoms with Gasteiger partial charge in [0.15, 0.2) is 9.84 Å². The minimum absolute atomic E-state index is 0.0412. The topological polar surface area (TPSA) is 108 Å². The highest BCUT2D eigenvalue weighted by atomic mass is 32.2. The molecule has 3 aromatic heterocycles. The molecule has 0 aliphatic heterocycles. The molecule has 3 heterocycles. The van der Waals surface area contributed by atoms with Gasteiger partial charge in [-0.05, 0) is 37.0 Å². The fraction of sp³-hybridized carbons (Fsp3) is 0.273. The van der Waals surface area contributed by atoms with Gasteiger partial charge in [-0.2, -0.15) is 0 Å². The van der Waals surface area contributed by atoms with Crippen LogP contribution in [-0.2, 0) is 16.4 Å². The van der Waals surface area contributed by atoms with Gasteiger partial charge in [0.1, 0.15) is 10.7 Å². The summed E-state index contributed by atoms with van der Waals surface area (Å²) in [4.78, 5) is 13.3. The monoisotopic (exact) mass is 454 g/mol. The Balaban J connectivity index is 1.34. The Morgan fingerprint density at radius 3 is 2.68 bits per heavy atom. The minimum atomic E-state index is -3.27. The molecule has 31 heavy (non-hydrogen) atoms. The Kier molecular flexibility index (Phi) is 5.25. The fourth-order valence-corrected chi connectivity index (χ4v) is 6.50.